The van der Waals surface area contributed by atoms with Crippen molar-refractivity contribution in [2.75, 3.05) is 13.7 Å². The molecule has 0 saturated carbocycles. The predicted octanol–water partition coefficient (Wildman–Crippen LogP) is 5.00. The highest BCUT2D eigenvalue weighted by Crippen LogP contribution is 2.32. The third kappa shape index (κ3) is 4.95. The monoisotopic (exact) mass is 321 g/mol. The Kier molecular flexibility index (Phi) is 6.43. The largest absolute Gasteiger partial charge is 0.497 e. The molecule has 4 heteroatoms. The summed E-state index contributed by atoms with van der Waals surface area (Å²) in [6.07, 6.45) is 1.13. The normalized spacial score (nSPS) is 10.6. The van der Waals surface area contributed by atoms with Gasteiger partial charge in [0.2, 0.25) is 0 Å². The molecular weight excluding hydrogens is 302 g/mol. The fourth-order valence-corrected chi connectivity index (χ4v) is 3.08. The minimum absolute atomic E-state index is 0.780. The number of nitrogens with one attached hydrogen (secondary N) is 1. The van der Waals surface area contributed by atoms with E-state index in [1.165, 1.54) is 15.4 Å². The molecular formula is C17H20ClNOS. The molecule has 0 heterocycles. The van der Waals surface area contributed by atoms with Crippen LogP contribution in [0.15, 0.2) is 52.3 Å². The van der Waals surface area contributed by atoms with E-state index in [1.807, 2.05) is 24.3 Å². The topological polar surface area (TPSA) is 21.3 Å². The molecule has 0 unspecified atom stereocenters. The van der Waals surface area contributed by atoms with E-state index >= 15 is 0 Å². The second-order valence-corrected chi connectivity index (χ2v) is 6.26. The van der Waals surface area contributed by atoms with E-state index in [1.54, 1.807) is 18.9 Å². The van der Waals surface area contributed by atoms with Crippen LogP contribution in [0.5, 0.6) is 5.75 Å². The van der Waals surface area contributed by atoms with Crippen molar-refractivity contribution in [3.8, 4) is 5.75 Å². The van der Waals surface area contributed by atoms with Gasteiger partial charge < -0.3 is 10.1 Å². The van der Waals surface area contributed by atoms with Crippen molar-refractivity contribution in [1.29, 1.82) is 0 Å². The number of ether oxygens (including phenoxy) is 1. The summed E-state index contributed by atoms with van der Waals surface area (Å²) in [6, 6.07) is 14.2. The van der Waals surface area contributed by atoms with Crippen LogP contribution in [0.4, 0.5) is 0 Å². The van der Waals surface area contributed by atoms with Crippen LogP contribution in [-0.2, 0) is 6.54 Å². The van der Waals surface area contributed by atoms with Crippen molar-refractivity contribution in [1.82, 2.24) is 5.32 Å². The summed E-state index contributed by atoms with van der Waals surface area (Å²) in [7, 11) is 1.68. The molecule has 0 atom stereocenters. The lowest BCUT2D eigenvalue weighted by Crippen LogP contribution is -2.14. The standard InChI is InChI=1S/C17H20ClNOS/c1-3-10-19-12-13-11-14(18)4-9-17(13)21-16-7-5-15(20-2)6-8-16/h4-9,11,19H,3,10,12H2,1-2H3. The summed E-state index contributed by atoms with van der Waals surface area (Å²) < 4.78 is 5.19. The molecule has 0 aliphatic rings. The molecule has 2 rings (SSSR count). The molecule has 0 saturated heterocycles. The molecule has 0 bridgehead atoms. The van der Waals surface area contributed by atoms with E-state index < -0.39 is 0 Å². The van der Waals surface area contributed by atoms with Crippen LogP contribution >= 0.6 is 23.4 Å². The number of methoxy groups -OCH3 is 1. The molecule has 1 N–H and O–H groups in total. The van der Waals surface area contributed by atoms with Crippen molar-refractivity contribution >= 4 is 23.4 Å². The van der Waals surface area contributed by atoms with Crippen LogP contribution in [0.3, 0.4) is 0 Å². The zero-order valence-corrected chi connectivity index (χ0v) is 13.9. The number of hydrogen-bond donors (Lipinski definition) is 1. The molecule has 2 nitrogen and oxygen atoms in total. The fraction of sp³-hybridized carbons (Fsp3) is 0.294. The quantitative estimate of drug-likeness (QED) is 0.725. The number of halogens is 1. The summed E-state index contributed by atoms with van der Waals surface area (Å²) in [4.78, 5) is 2.42. The van der Waals surface area contributed by atoms with Crippen LogP contribution < -0.4 is 10.1 Å². The van der Waals surface area contributed by atoms with E-state index in [2.05, 4.69) is 30.4 Å². The third-order valence-corrected chi connectivity index (χ3v) is 4.41. The Balaban J connectivity index is 2.13. The zero-order chi connectivity index (χ0) is 15.1. The lowest BCUT2D eigenvalue weighted by atomic mass is 10.2. The maximum absolute atomic E-state index is 6.12. The minimum Gasteiger partial charge on any atom is -0.497 e. The summed E-state index contributed by atoms with van der Waals surface area (Å²) in [5.41, 5.74) is 1.23. The van der Waals surface area contributed by atoms with Gasteiger partial charge in [0.1, 0.15) is 5.75 Å². The van der Waals surface area contributed by atoms with Gasteiger partial charge in [-0.1, -0.05) is 30.3 Å². The van der Waals surface area contributed by atoms with Gasteiger partial charge in [-0.3, -0.25) is 0 Å². The Hall–Kier alpha value is -1.16. The second-order valence-electron chi connectivity index (χ2n) is 4.71. The van der Waals surface area contributed by atoms with Gasteiger partial charge in [-0.2, -0.15) is 0 Å². The van der Waals surface area contributed by atoms with Gasteiger partial charge in [0.25, 0.3) is 0 Å². The van der Waals surface area contributed by atoms with Gasteiger partial charge in [0.05, 0.1) is 7.11 Å². The molecule has 0 aliphatic heterocycles. The van der Waals surface area contributed by atoms with Crippen molar-refractivity contribution in [3.05, 3.63) is 53.1 Å². The fourth-order valence-electron chi connectivity index (χ4n) is 1.96. The number of benzene rings is 2. The molecule has 0 fully saturated rings. The molecule has 0 spiro atoms. The molecule has 0 aliphatic carbocycles. The Morgan fingerprint density at radius 1 is 1.14 bits per heavy atom. The summed E-state index contributed by atoms with van der Waals surface area (Å²) in [5, 5.41) is 4.21. The first-order valence-electron chi connectivity index (χ1n) is 7.04. The van der Waals surface area contributed by atoms with E-state index in [0.29, 0.717) is 0 Å². The second kappa shape index (κ2) is 8.32. The van der Waals surface area contributed by atoms with Crippen molar-refractivity contribution < 1.29 is 4.74 Å². The Labute approximate surface area is 135 Å². The first-order valence-corrected chi connectivity index (χ1v) is 8.23. The van der Waals surface area contributed by atoms with Crippen LogP contribution in [0.1, 0.15) is 18.9 Å². The smallest absolute Gasteiger partial charge is 0.118 e. The average molecular weight is 322 g/mol. The predicted molar refractivity (Wildman–Crippen MR) is 90.6 cm³/mol. The molecule has 0 amide bonds. The van der Waals surface area contributed by atoms with Crippen LogP contribution in [0, 0.1) is 0 Å². The van der Waals surface area contributed by atoms with E-state index in [0.717, 1.165) is 30.3 Å². The van der Waals surface area contributed by atoms with Crippen molar-refractivity contribution in [2.24, 2.45) is 0 Å². The molecule has 0 radical (unpaired) electrons. The Morgan fingerprint density at radius 2 is 1.90 bits per heavy atom. The zero-order valence-electron chi connectivity index (χ0n) is 12.4. The van der Waals surface area contributed by atoms with Gasteiger partial charge in [-0.05, 0) is 61.0 Å². The SMILES string of the molecule is CCCNCc1cc(Cl)ccc1Sc1ccc(OC)cc1. The van der Waals surface area contributed by atoms with Crippen LogP contribution in [0.25, 0.3) is 0 Å². The molecule has 2 aromatic rings. The summed E-state index contributed by atoms with van der Waals surface area (Å²) in [6.45, 7) is 4.02. The van der Waals surface area contributed by atoms with Gasteiger partial charge >= 0.3 is 0 Å². The molecule has 0 aromatic heterocycles. The maximum Gasteiger partial charge on any atom is 0.118 e. The minimum atomic E-state index is 0.780. The Morgan fingerprint density at radius 3 is 2.57 bits per heavy atom. The third-order valence-electron chi connectivity index (χ3n) is 3.05. The first kappa shape index (κ1) is 16.2. The van der Waals surface area contributed by atoms with Crippen LogP contribution in [-0.4, -0.2) is 13.7 Å². The lowest BCUT2D eigenvalue weighted by molar-refractivity contribution is 0.414. The van der Waals surface area contributed by atoms with Gasteiger partial charge in [0.15, 0.2) is 0 Å². The molecule has 112 valence electrons. The van der Waals surface area contributed by atoms with Gasteiger partial charge in [0, 0.05) is 21.4 Å². The van der Waals surface area contributed by atoms with Crippen LogP contribution in [0.2, 0.25) is 5.02 Å². The van der Waals surface area contributed by atoms with E-state index in [-0.39, 0.29) is 0 Å². The lowest BCUT2D eigenvalue weighted by Gasteiger charge is -2.11. The van der Waals surface area contributed by atoms with E-state index in [4.69, 9.17) is 16.3 Å². The highest BCUT2D eigenvalue weighted by atomic mass is 35.5. The van der Waals surface area contributed by atoms with Crippen molar-refractivity contribution in [3.63, 3.8) is 0 Å². The first-order chi connectivity index (χ1) is 10.2. The highest BCUT2D eigenvalue weighted by Gasteiger charge is 2.06. The highest BCUT2D eigenvalue weighted by molar-refractivity contribution is 7.99. The number of rotatable bonds is 7. The van der Waals surface area contributed by atoms with Gasteiger partial charge in [-0.25, -0.2) is 0 Å². The maximum atomic E-state index is 6.12. The average Bonchev–Trinajstić information content (AvgIpc) is 2.51. The van der Waals surface area contributed by atoms with Crippen molar-refractivity contribution in [2.45, 2.75) is 29.7 Å². The summed E-state index contributed by atoms with van der Waals surface area (Å²) in [5.74, 6) is 0.875. The Bertz CT molecular complexity index is 572. The number of hydrogen-bond acceptors (Lipinski definition) is 3. The summed E-state index contributed by atoms with van der Waals surface area (Å²) >= 11 is 7.86. The van der Waals surface area contributed by atoms with Gasteiger partial charge in [-0.15, -0.1) is 0 Å². The molecule has 2 aromatic carbocycles. The molecule has 21 heavy (non-hydrogen) atoms. The van der Waals surface area contributed by atoms with E-state index in [9.17, 15) is 0 Å².